The molecule has 0 bridgehead atoms. The average Bonchev–Trinajstić information content (AvgIpc) is 3.09. The summed E-state index contributed by atoms with van der Waals surface area (Å²) in [5.41, 5.74) is 0. The number of aliphatic hydroxyl groups is 2. The zero-order valence-electron chi connectivity index (χ0n) is 32.4. The number of ether oxygens (including phenoxy) is 2. The van der Waals surface area contributed by atoms with Crippen LogP contribution in [-0.2, 0) is 32.7 Å². The number of phosphoric ester groups is 1. The van der Waals surface area contributed by atoms with Crippen LogP contribution < -0.4 is 34.5 Å². The molecular weight excluding hydrogens is 670 g/mol. The summed E-state index contributed by atoms with van der Waals surface area (Å²) in [5.74, 6) is -0.949. The Morgan fingerprint density at radius 3 is 1.28 bits per heavy atom. The first kappa shape index (κ1) is 52.1. The van der Waals surface area contributed by atoms with Crippen LogP contribution in [0.4, 0.5) is 0 Å². The van der Waals surface area contributed by atoms with Gasteiger partial charge in [0.2, 0.25) is 0 Å². The van der Waals surface area contributed by atoms with Crippen molar-refractivity contribution in [1.29, 1.82) is 0 Å². The molecule has 0 aliphatic rings. The van der Waals surface area contributed by atoms with Crippen molar-refractivity contribution in [3.05, 3.63) is 0 Å². The van der Waals surface area contributed by atoms with Gasteiger partial charge >= 0.3 is 41.5 Å². The van der Waals surface area contributed by atoms with Gasteiger partial charge in [-0.2, -0.15) is 0 Å². The molecule has 0 spiro atoms. The molecule has 3 atom stereocenters. The van der Waals surface area contributed by atoms with E-state index in [9.17, 15) is 24.2 Å². The predicted molar refractivity (Wildman–Crippen MR) is 194 cm³/mol. The molecule has 0 aromatic carbocycles. The third-order valence-electron chi connectivity index (χ3n) is 8.75. The maximum Gasteiger partial charge on any atom is 1.00 e. The molecule has 0 fully saturated rings. The van der Waals surface area contributed by atoms with Crippen LogP contribution in [0.2, 0.25) is 0 Å². The van der Waals surface area contributed by atoms with Crippen molar-refractivity contribution in [2.45, 2.75) is 206 Å². The second kappa shape index (κ2) is 38.7. The molecule has 12 heteroatoms. The smallest absolute Gasteiger partial charge is 0.756 e. The molecule has 0 aromatic rings. The van der Waals surface area contributed by atoms with E-state index in [1.54, 1.807) is 0 Å². The van der Waals surface area contributed by atoms with Gasteiger partial charge in [0.1, 0.15) is 12.7 Å². The molecule has 0 saturated carbocycles. The number of rotatable bonds is 38. The van der Waals surface area contributed by atoms with E-state index in [4.69, 9.17) is 19.1 Å². The number of unbranched alkanes of at least 4 members (excludes halogenated alkanes) is 24. The molecule has 2 N–H and O–H groups in total. The first-order valence-corrected chi connectivity index (χ1v) is 21.4. The first-order valence-electron chi connectivity index (χ1n) is 20.0. The van der Waals surface area contributed by atoms with E-state index >= 15 is 0 Å². The summed E-state index contributed by atoms with van der Waals surface area (Å²) in [6, 6.07) is 0. The van der Waals surface area contributed by atoms with Crippen LogP contribution in [-0.4, -0.2) is 60.8 Å². The van der Waals surface area contributed by atoms with Crippen molar-refractivity contribution < 1.29 is 77.3 Å². The van der Waals surface area contributed by atoms with Gasteiger partial charge in [-0.25, -0.2) is 0 Å². The third-order valence-corrected chi connectivity index (χ3v) is 9.68. The van der Waals surface area contributed by atoms with Crippen molar-refractivity contribution in [2.75, 3.05) is 26.4 Å². The minimum absolute atomic E-state index is 0. The molecule has 50 heavy (non-hydrogen) atoms. The van der Waals surface area contributed by atoms with E-state index in [2.05, 4.69) is 18.4 Å². The van der Waals surface area contributed by atoms with Crippen molar-refractivity contribution in [1.82, 2.24) is 0 Å². The van der Waals surface area contributed by atoms with Crippen molar-refractivity contribution in [2.24, 2.45) is 0 Å². The van der Waals surface area contributed by atoms with Crippen molar-refractivity contribution in [3.8, 4) is 0 Å². The summed E-state index contributed by atoms with van der Waals surface area (Å²) in [5, 5.41) is 18.2. The number of carbonyl (C=O) groups excluding carboxylic acids is 2. The Labute approximate surface area is 327 Å². The van der Waals surface area contributed by atoms with Gasteiger partial charge in [-0.05, 0) is 12.8 Å². The van der Waals surface area contributed by atoms with Gasteiger partial charge in [-0.3, -0.25) is 14.2 Å². The molecule has 0 aliphatic carbocycles. The summed E-state index contributed by atoms with van der Waals surface area (Å²) >= 11 is 0. The summed E-state index contributed by atoms with van der Waals surface area (Å²) in [4.78, 5) is 37.0. The molecule has 1 unspecified atom stereocenters. The quantitative estimate of drug-likeness (QED) is 0.0321. The van der Waals surface area contributed by atoms with Gasteiger partial charge in [0.25, 0.3) is 7.82 Å². The zero-order valence-corrected chi connectivity index (χ0v) is 35.3. The molecule has 10 nitrogen and oxygen atoms in total. The summed E-state index contributed by atoms with van der Waals surface area (Å²) in [7, 11) is -4.85. The first-order chi connectivity index (χ1) is 23.7. The number of hydrogen-bond donors (Lipinski definition) is 2. The Balaban J connectivity index is 0. The second-order valence-corrected chi connectivity index (χ2v) is 15.1. The predicted octanol–water partition coefficient (Wildman–Crippen LogP) is 6.26. The van der Waals surface area contributed by atoms with Gasteiger partial charge in [0.15, 0.2) is 6.10 Å². The molecule has 0 aromatic heterocycles. The molecule has 0 amide bonds. The van der Waals surface area contributed by atoms with Gasteiger partial charge in [-0.1, -0.05) is 168 Å². The maximum atomic E-state index is 12.5. The second-order valence-electron chi connectivity index (χ2n) is 13.7. The van der Waals surface area contributed by atoms with Gasteiger partial charge in [0.05, 0.1) is 19.8 Å². The van der Waals surface area contributed by atoms with Crippen LogP contribution in [0.1, 0.15) is 194 Å². The van der Waals surface area contributed by atoms with Crippen LogP contribution in [0, 0.1) is 0 Å². The number of aliphatic hydroxyl groups excluding tert-OH is 2. The average molecular weight is 745 g/mol. The molecule has 0 radical (unpaired) electrons. The van der Waals surface area contributed by atoms with Crippen LogP contribution in [0.5, 0.6) is 0 Å². The molecule has 0 saturated heterocycles. The topological polar surface area (TPSA) is 152 Å². The molecule has 0 aliphatic heterocycles. The standard InChI is InChI=1S/C38H75O10P.Na/c1-3-5-7-9-11-13-15-17-19-21-23-25-27-29-37(41)45-33-36(34-47-49(43,44)46-32-35(40)31-39)48-38(42)30-28-26-24-22-20-18-16-14-12-10-8-6-4-2;/h35-36,39-40H,3-34H2,1-2H3,(H,43,44);/q;+1/p-1/t35-,36+;/m0./s1. The molecular formula is C38H74NaO10P. The Morgan fingerprint density at radius 2 is 0.900 bits per heavy atom. The summed E-state index contributed by atoms with van der Waals surface area (Å²) in [6.45, 7) is 2.21. The number of esters is 2. The van der Waals surface area contributed by atoms with Crippen LogP contribution >= 0.6 is 7.82 Å². The van der Waals surface area contributed by atoms with Crippen molar-refractivity contribution in [3.63, 3.8) is 0 Å². The van der Waals surface area contributed by atoms with E-state index in [1.165, 1.54) is 116 Å². The van der Waals surface area contributed by atoms with Crippen LogP contribution in [0.25, 0.3) is 0 Å². The molecule has 0 rings (SSSR count). The van der Waals surface area contributed by atoms with Crippen LogP contribution in [0.15, 0.2) is 0 Å². The number of carbonyl (C=O) groups is 2. The fraction of sp³-hybridized carbons (Fsp3) is 0.947. The number of phosphoric acid groups is 1. The monoisotopic (exact) mass is 744 g/mol. The van der Waals surface area contributed by atoms with Crippen LogP contribution in [0.3, 0.4) is 0 Å². The normalized spacial score (nSPS) is 13.7. The minimum atomic E-state index is -4.85. The zero-order chi connectivity index (χ0) is 36.3. The van der Waals surface area contributed by atoms with E-state index in [1.807, 2.05) is 0 Å². The van der Waals surface area contributed by atoms with E-state index in [0.29, 0.717) is 12.8 Å². The SMILES string of the molecule is CCCCCCCCCCCCCCCC(=O)OC[C@H](COP(=O)([O-])OC[C@@H](O)CO)OC(=O)CCCCCCCCCCCCCCC.[Na+]. The fourth-order valence-corrected chi connectivity index (χ4v) is 6.41. The Bertz CT molecular complexity index is 804. The van der Waals surface area contributed by atoms with Gasteiger partial charge in [0, 0.05) is 12.8 Å². The maximum absolute atomic E-state index is 12.5. The number of hydrogen-bond acceptors (Lipinski definition) is 10. The molecule has 292 valence electrons. The largest absolute Gasteiger partial charge is 1.00 e. The Hall–Kier alpha value is -0.0300. The minimum Gasteiger partial charge on any atom is -0.756 e. The summed E-state index contributed by atoms with van der Waals surface area (Å²) in [6.07, 6.45) is 29.0. The van der Waals surface area contributed by atoms with Gasteiger partial charge < -0.3 is 33.6 Å². The van der Waals surface area contributed by atoms with Crippen molar-refractivity contribution >= 4 is 19.8 Å². The van der Waals surface area contributed by atoms with E-state index < -0.39 is 51.8 Å². The summed E-state index contributed by atoms with van der Waals surface area (Å²) < 4.78 is 32.2. The van der Waals surface area contributed by atoms with Gasteiger partial charge in [-0.15, -0.1) is 0 Å². The van der Waals surface area contributed by atoms with E-state index in [-0.39, 0.29) is 49.0 Å². The fourth-order valence-electron chi connectivity index (χ4n) is 5.63. The Morgan fingerprint density at radius 1 is 0.560 bits per heavy atom. The van der Waals surface area contributed by atoms with E-state index in [0.717, 1.165) is 38.5 Å². The third kappa shape index (κ3) is 37.7. The molecule has 0 heterocycles. The Kier molecular flexibility index (Phi) is 40.3.